The van der Waals surface area contributed by atoms with Gasteiger partial charge in [-0.1, -0.05) is 35.1 Å². The van der Waals surface area contributed by atoms with Gasteiger partial charge in [0.25, 0.3) is 5.91 Å². The molecule has 0 saturated heterocycles. The van der Waals surface area contributed by atoms with Crippen molar-refractivity contribution in [3.05, 3.63) is 88.7 Å². The van der Waals surface area contributed by atoms with Crippen molar-refractivity contribution in [1.29, 1.82) is 0 Å². The molecule has 9 heteroatoms. The van der Waals surface area contributed by atoms with Gasteiger partial charge in [-0.05, 0) is 48.0 Å². The Morgan fingerprint density at radius 2 is 1.83 bits per heavy atom. The van der Waals surface area contributed by atoms with Crippen molar-refractivity contribution < 1.29 is 18.0 Å². The molecule has 0 atom stereocenters. The molecule has 0 spiro atoms. The molecule has 0 aliphatic carbocycles. The number of hydrogen-bond donors (Lipinski definition) is 0. The van der Waals surface area contributed by atoms with Crippen LogP contribution in [0.1, 0.15) is 21.5 Å². The fourth-order valence-corrected chi connectivity index (χ4v) is 4.14. The number of fused-ring (bicyclic) bond motifs is 1. The van der Waals surface area contributed by atoms with Crippen LogP contribution >= 0.6 is 22.9 Å². The predicted molar refractivity (Wildman–Crippen MR) is 111 cm³/mol. The lowest BCUT2D eigenvalue weighted by atomic mass is 10.1. The lowest BCUT2D eigenvalue weighted by Crippen LogP contribution is -2.30. The van der Waals surface area contributed by atoms with Crippen LogP contribution in [0.2, 0.25) is 5.02 Å². The second-order valence-corrected chi connectivity index (χ2v) is 7.83. The number of benzene rings is 2. The van der Waals surface area contributed by atoms with E-state index >= 15 is 0 Å². The van der Waals surface area contributed by atoms with Crippen LogP contribution in [0.15, 0.2) is 67.0 Å². The number of carbonyl (C=O) groups excluding carboxylic acids is 1. The third-order valence-corrected chi connectivity index (χ3v) is 5.71. The largest absolute Gasteiger partial charge is 0.416 e. The van der Waals surface area contributed by atoms with Crippen LogP contribution in [0.3, 0.4) is 0 Å². The molecule has 0 radical (unpaired) electrons. The Kier molecular flexibility index (Phi) is 5.44. The van der Waals surface area contributed by atoms with Crippen LogP contribution < -0.4 is 4.90 Å². The molecular formula is C21H13ClF3N3OS. The van der Waals surface area contributed by atoms with E-state index in [4.69, 9.17) is 11.6 Å². The summed E-state index contributed by atoms with van der Waals surface area (Å²) in [6.45, 7) is 0.158. The maximum atomic E-state index is 13.2. The van der Waals surface area contributed by atoms with E-state index in [1.165, 1.54) is 28.4 Å². The molecule has 2 aromatic heterocycles. The molecular weight excluding hydrogens is 435 g/mol. The number of pyridine rings is 1. The van der Waals surface area contributed by atoms with Gasteiger partial charge in [-0.25, -0.2) is 4.98 Å². The average Bonchev–Trinajstić information content (AvgIpc) is 3.17. The summed E-state index contributed by atoms with van der Waals surface area (Å²) in [6, 6.07) is 13.0. The van der Waals surface area contributed by atoms with Gasteiger partial charge in [0.05, 0.1) is 21.8 Å². The lowest BCUT2D eigenvalue weighted by Gasteiger charge is -2.20. The van der Waals surface area contributed by atoms with Gasteiger partial charge in [0.2, 0.25) is 0 Å². The first-order valence-electron chi connectivity index (χ1n) is 8.76. The minimum atomic E-state index is -4.47. The molecule has 0 saturated carbocycles. The van der Waals surface area contributed by atoms with Crippen molar-refractivity contribution >= 4 is 44.2 Å². The van der Waals surface area contributed by atoms with Crippen LogP contribution in [0.4, 0.5) is 18.3 Å². The summed E-state index contributed by atoms with van der Waals surface area (Å²) in [5, 5.41) is 0.852. The van der Waals surface area contributed by atoms with E-state index in [9.17, 15) is 18.0 Å². The fourth-order valence-electron chi connectivity index (χ4n) is 2.88. The Morgan fingerprint density at radius 1 is 1.07 bits per heavy atom. The highest BCUT2D eigenvalue weighted by Crippen LogP contribution is 2.34. The highest BCUT2D eigenvalue weighted by atomic mass is 35.5. The van der Waals surface area contributed by atoms with Gasteiger partial charge in [0.15, 0.2) is 5.13 Å². The minimum absolute atomic E-state index is 0.122. The molecule has 0 aliphatic heterocycles. The van der Waals surface area contributed by atoms with Crippen molar-refractivity contribution in [3.63, 3.8) is 0 Å². The number of carbonyl (C=O) groups is 1. The van der Waals surface area contributed by atoms with Crippen LogP contribution in [0, 0.1) is 0 Å². The Balaban J connectivity index is 1.74. The molecule has 2 aromatic carbocycles. The SMILES string of the molecule is O=C(c1ccc(C(F)(F)F)cc1)N(Cc1cccnc1)c1nc2c(Cl)cccc2s1. The van der Waals surface area contributed by atoms with Crippen molar-refractivity contribution in [2.45, 2.75) is 12.7 Å². The quantitative estimate of drug-likeness (QED) is 0.373. The number of thiazole rings is 1. The summed E-state index contributed by atoms with van der Waals surface area (Å²) >= 11 is 7.49. The molecule has 0 aliphatic rings. The first-order chi connectivity index (χ1) is 14.3. The van der Waals surface area contributed by atoms with Crippen LogP contribution in [-0.2, 0) is 12.7 Å². The molecule has 152 valence electrons. The van der Waals surface area contributed by atoms with E-state index < -0.39 is 17.6 Å². The van der Waals surface area contributed by atoms with E-state index in [0.29, 0.717) is 15.7 Å². The van der Waals surface area contributed by atoms with Crippen molar-refractivity contribution in [2.75, 3.05) is 4.90 Å². The number of para-hydroxylation sites is 1. The molecule has 1 amide bonds. The van der Waals surface area contributed by atoms with Gasteiger partial charge >= 0.3 is 6.18 Å². The summed E-state index contributed by atoms with van der Waals surface area (Å²) in [5.74, 6) is -0.470. The Morgan fingerprint density at radius 3 is 2.47 bits per heavy atom. The highest BCUT2D eigenvalue weighted by Gasteiger charge is 2.31. The maximum absolute atomic E-state index is 13.2. The van der Waals surface area contributed by atoms with Gasteiger partial charge < -0.3 is 0 Å². The Hall–Kier alpha value is -2.97. The van der Waals surface area contributed by atoms with E-state index in [-0.39, 0.29) is 12.1 Å². The third-order valence-electron chi connectivity index (χ3n) is 4.36. The fraction of sp³-hybridized carbons (Fsp3) is 0.0952. The second-order valence-electron chi connectivity index (χ2n) is 6.41. The zero-order valence-corrected chi connectivity index (χ0v) is 16.8. The topological polar surface area (TPSA) is 46.1 Å². The van der Waals surface area contributed by atoms with Gasteiger partial charge in [0, 0.05) is 18.0 Å². The van der Waals surface area contributed by atoms with Gasteiger partial charge in [-0.15, -0.1) is 0 Å². The summed E-state index contributed by atoms with van der Waals surface area (Å²) in [5.41, 5.74) is 0.626. The smallest absolute Gasteiger partial charge is 0.279 e. The normalized spacial score (nSPS) is 11.6. The number of anilines is 1. The first-order valence-corrected chi connectivity index (χ1v) is 9.95. The summed E-state index contributed by atoms with van der Waals surface area (Å²) in [6.07, 6.45) is -1.24. The molecule has 0 fully saturated rings. The summed E-state index contributed by atoms with van der Waals surface area (Å²) in [4.78, 5) is 23.2. The van der Waals surface area contributed by atoms with E-state index in [0.717, 1.165) is 22.4 Å². The molecule has 4 nitrogen and oxygen atoms in total. The molecule has 0 bridgehead atoms. The van der Waals surface area contributed by atoms with Crippen LogP contribution in [-0.4, -0.2) is 15.9 Å². The number of aromatic nitrogens is 2. The molecule has 0 N–H and O–H groups in total. The highest BCUT2D eigenvalue weighted by molar-refractivity contribution is 7.22. The number of halogens is 4. The predicted octanol–water partition coefficient (Wildman–Crippen LogP) is 6.21. The zero-order valence-electron chi connectivity index (χ0n) is 15.2. The number of hydrogen-bond acceptors (Lipinski definition) is 4. The van der Waals surface area contributed by atoms with Gasteiger partial charge in [-0.3, -0.25) is 14.7 Å². The maximum Gasteiger partial charge on any atom is 0.416 e. The monoisotopic (exact) mass is 447 g/mol. The third kappa shape index (κ3) is 4.15. The summed E-state index contributed by atoms with van der Waals surface area (Å²) in [7, 11) is 0. The van der Waals surface area contributed by atoms with Crippen molar-refractivity contribution in [3.8, 4) is 0 Å². The molecule has 0 unspecified atom stereocenters. The van der Waals surface area contributed by atoms with Crippen molar-refractivity contribution in [1.82, 2.24) is 9.97 Å². The van der Waals surface area contributed by atoms with E-state index in [1.807, 2.05) is 6.07 Å². The minimum Gasteiger partial charge on any atom is -0.279 e. The Bertz CT molecular complexity index is 1190. The van der Waals surface area contributed by atoms with Gasteiger partial charge in [-0.2, -0.15) is 13.2 Å². The number of nitrogens with zero attached hydrogens (tertiary/aromatic N) is 3. The summed E-state index contributed by atoms with van der Waals surface area (Å²) < 4.78 is 39.4. The average molecular weight is 448 g/mol. The van der Waals surface area contributed by atoms with Gasteiger partial charge in [0.1, 0.15) is 5.52 Å². The number of rotatable bonds is 4. The van der Waals surface area contributed by atoms with Crippen LogP contribution in [0.5, 0.6) is 0 Å². The van der Waals surface area contributed by atoms with E-state index in [2.05, 4.69) is 9.97 Å². The zero-order chi connectivity index (χ0) is 21.3. The second kappa shape index (κ2) is 8.04. The number of amides is 1. The van der Waals surface area contributed by atoms with Crippen molar-refractivity contribution in [2.24, 2.45) is 0 Å². The Labute approximate surface area is 178 Å². The lowest BCUT2D eigenvalue weighted by molar-refractivity contribution is -0.137. The van der Waals surface area contributed by atoms with Crippen LogP contribution in [0.25, 0.3) is 10.2 Å². The number of alkyl halides is 3. The molecule has 2 heterocycles. The molecule has 4 aromatic rings. The first kappa shape index (κ1) is 20.3. The van der Waals surface area contributed by atoms with E-state index in [1.54, 1.807) is 36.7 Å². The molecule has 4 rings (SSSR count). The standard InChI is InChI=1S/C21H13ClF3N3OS/c22-16-4-1-5-17-18(16)27-20(30-17)28(12-13-3-2-10-26-11-13)19(29)14-6-8-15(9-7-14)21(23,24)25/h1-11H,12H2. The molecule has 30 heavy (non-hydrogen) atoms.